The van der Waals surface area contributed by atoms with E-state index in [1.807, 2.05) is 18.2 Å². The summed E-state index contributed by atoms with van der Waals surface area (Å²) in [7, 11) is 0. The number of ether oxygens (including phenoxy) is 2. The number of amides is 1. The van der Waals surface area contributed by atoms with E-state index in [0.29, 0.717) is 30.4 Å². The molecule has 3 aliphatic carbocycles. The van der Waals surface area contributed by atoms with E-state index in [4.69, 9.17) is 32.7 Å². The van der Waals surface area contributed by atoms with E-state index >= 15 is 0 Å². The first-order valence-electron chi connectivity index (χ1n) is 14.8. The van der Waals surface area contributed by atoms with Crippen molar-refractivity contribution in [1.82, 2.24) is 5.32 Å². The molecule has 3 heterocycles. The lowest BCUT2D eigenvalue weighted by Gasteiger charge is -2.55. The van der Waals surface area contributed by atoms with Crippen molar-refractivity contribution < 1.29 is 34.1 Å². The van der Waals surface area contributed by atoms with Gasteiger partial charge in [-0.15, -0.1) is 23.2 Å². The third-order valence-corrected chi connectivity index (χ3v) is 10.9. The van der Waals surface area contributed by atoms with Crippen LogP contribution in [0.15, 0.2) is 36.6 Å². The number of nitrogens with one attached hydrogen (secondary N) is 1. The van der Waals surface area contributed by atoms with Crippen molar-refractivity contribution in [3.8, 4) is 0 Å². The summed E-state index contributed by atoms with van der Waals surface area (Å²) in [6.45, 7) is 5.65. The second-order valence-corrected chi connectivity index (χ2v) is 13.2. The van der Waals surface area contributed by atoms with Crippen LogP contribution in [0, 0.1) is 29.1 Å². The van der Waals surface area contributed by atoms with Crippen molar-refractivity contribution in [1.29, 1.82) is 0 Å². The molecule has 6 aliphatic rings. The highest BCUT2D eigenvalue weighted by Gasteiger charge is 2.78. The standard InChI is InChI=1S/C16H21ClO4.C15H20ClNO3/c1-15-11(7-8-17)12(18)9-16(15,14(20)21-15)13(19)10-5-3-2-4-6-10;1-9-15(12(18)10-5-3-2-4-6-10)13(20-9)11(7-8-16)14(19)17-15/h3,5,10-11,13,19H,2,4,6-9H2,1H3;3,5,10-13,18H,1-2,4,6-8H2,(H,17,19)/t10?,11-,13?,15-,16+;10?,11-,12+,13+,15-/m11/s1. The van der Waals surface area contributed by atoms with Crippen LogP contribution in [0.5, 0.6) is 0 Å². The zero-order valence-corrected chi connectivity index (χ0v) is 25.0. The summed E-state index contributed by atoms with van der Waals surface area (Å²) in [5.74, 6) is -0.0262. The zero-order chi connectivity index (χ0) is 29.6. The number of alkyl halides is 2. The maximum Gasteiger partial charge on any atom is 0.319 e. The number of aliphatic hydroxyl groups excluding tert-OH is 2. The Balaban J connectivity index is 0.000000165. The van der Waals surface area contributed by atoms with Crippen molar-refractivity contribution in [3.05, 3.63) is 36.6 Å². The van der Waals surface area contributed by atoms with Crippen LogP contribution in [0.25, 0.3) is 0 Å². The number of halogens is 2. The summed E-state index contributed by atoms with van der Waals surface area (Å²) in [6.07, 6.45) is 13.3. The zero-order valence-electron chi connectivity index (χ0n) is 23.5. The first-order valence-corrected chi connectivity index (χ1v) is 15.9. The summed E-state index contributed by atoms with van der Waals surface area (Å²) >= 11 is 11.6. The van der Waals surface area contributed by atoms with Crippen LogP contribution in [0.1, 0.15) is 64.7 Å². The molecule has 10 atom stereocenters. The predicted octanol–water partition coefficient (Wildman–Crippen LogP) is 3.95. The number of hydrogen-bond donors (Lipinski definition) is 3. The lowest BCUT2D eigenvalue weighted by atomic mass is 9.60. The molecule has 1 amide bonds. The lowest BCUT2D eigenvalue weighted by Crippen LogP contribution is -2.70. The van der Waals surface area contributed by atoms with Crippen LogP contribution < -0.4 is 5.32 Å². The van der Waals surface area contributed by atoms with Crippen LogP contribution in [-0.2, 0) is 23.9 Å². The van der Waals surface area contributed by atoms with Crippen molar-refractivity contribution in [3.63, 3.8) is 0 Å². The largest absolute Gasteiger partial charge is 0.489 e. The Morgan fingerprint density at radius 1 is 1.02 bits per heavy atom. The summed E-state index contributed by atoms with van der Waals surface area (Å²) in [5, 5.41) is 24.6. The van der Waals surface area contributed by atoms with Gasteiger partial charge in [0.25, 0.3) is 0 Å². The van der Waals surface area contributed by atoms with E-state index in [2.05, 4.69) is 18.0 Å². The fraction of sp³-hybridized carbons (Fsp3) is 0.710. The monoisotopic (exact) mass is 609 g/mol. The van der Waals surface area contributed by atoms with Gasteiger partial charge in [-0.2, -0.15) is 0 Å². The number of esters is 1. The molecule has 8 nitrogen and oxygen atoms in total. The summed E-state index contributed by atoms with van der Waals surface area (Å²) in [5.41, 5.74) is -2.80. The molecular formula is C31H41Cl2NO7. The molecular weight excluding hydrogens is 569 g/mol. The van der Waals surface area contributed by atoms with Crippen molar-refractivity contribution >= 4 is 40.9 Å². The van der Waals surface area contributed by atoms with Crippen LogP contribution >= 0.6 is 23.2 Å². The molecule has 3 unspecified atom stereocenters. The van der Waals surface area contributed by atoms with Gasteiger partial charge in [-0.25, -0.2) is 0 Å². The first kappa shape index (κ1) is 30.6. The topological polar surface area (TPSA) is 122 Å². The third-order valence-electron chi connectivity index (χ3n) is 10.5. The SMILES string of the molecule is C=C1O[C@H]2[C@@H](CCCl)C(=O)N[C@@]12[C@@H](O)C1C=CCCC1.C[C@]12OC(=O)[C@@]1(C(O)C1C=CCCC1)CC(=O)[C@H]2CCCl. The van der Waals surface area contributed by atoms with Gasteiger partial charge in [0.15, 0.2) is 5.54 Å². The molecule has 3 saturated heterocycles. The van der Waals surface area contributed by atoms with Gasteiger partial charge >= 0.3 is 5.97 Å². The number of allylic oxidation sites excluding steroid dienone is 2. The van der Waals surface area contributed by atoms with Crippen molar-refractivity contribution in [2.24, 2.45) is 29.1 Å². The maximum absolute atomic E-state index is 12.3. The van der Waals surface area contributed by atoms with E-state index in [9.17, 15) is 24.6 Å². The smallest absolute Gasteiger partial charge is 0.319 e. The number of rotatable bonds is 8. The number of aliphatic hydroxyl groups is 2. The van der Waals surface area contributed by atoms with E-state index in [1.165, 1.54) is 0 Å². The average molecular weight is 611 g/mol. The molecule has 4 fully saturated rings. The lowest BCUT2D eigenvalue weighted by molar-refractivity contribution is -0.262. The summed E-state index contributed by atoms with van der Waals surface area (Å²) in [6, 6.07) is 0. The van der Waals surface area contributed by atoms with Crippen molar-refractivity contribution in [2.75, 3.05) is 11.8 Å². The molecule has 0 aromatic carbocycles. The minimum atomic E-state index is -1.08. The van der Waals surface area contributed by atoms with Gasteiger partial charge in [0.1, 0.15) is 28.7 Å². The fourth-order valence-corrected chi connectivity index (χ4v) is 8.52. The molecule has 3 aliphatic heterocycles. The molecule has 0 spiro atoms. The minimum absolute atomic E-state index is 0.0113. The molecule has 1 saturated carbocycles. The molecule has 6 rings (SSSR count). The number of Topliss-reactive ketones (excluding diaryl/α,β-unsaturated/α-hetero) is 1. The Bertz CT molecular complexity index is 1140. The molecule has 0 aromatic rings. The summed E-state index contributed by atoms with van der Waals surface area (Å²) in [4.78, 5) is 36.7. The Morgan fingerprint density at radius 2 is 1.63 bits per heavy atom. The Labute approximate surface area is 251 Å². The van der Waals surface area contributed by atoms with E-state index < -0.39 is 40.7 Å². The van der Waals surface area contributed by atoms with Gasteiger partial charge in [-0.05, 0) is 58.3 Å². The van der Waals surface area contributed by atoms with Crippen LogP contribution in [0.3, 0.4) is 0 Å². The van der Waals surface area contributed by atoms with Crippen LogP contribution in [0.4, 0.5) is 0 Å². The number of carbonyl (C=O) groups is 3. The number of fused-ring (bicyclic) bond motifs is 2. The number of ketones is 1. The molecule has 226 valence electrons. The Kier molecular flexibility index (Phi) is 8.70. The Morgan fingerprint density at radius 3 is 2.15 bits per heavy atom. The van der Waals surface area contributed by atoms with E-state index in [1.54, 1.807) is 6.92 Å². The van der Waals surface area contributed by atoms with Crippen molar-refractivity contribution in [2.45, 2.75) is 94.2 Å². The third kappa shape index (κ3) is 4.59. The average Bonchev–Trinajstić information content (AvgIpc) is 3.31. The van der Waals surface area contributed by atoms with Gasteiger partial charge in [0.2, 0.25) is 5.91 Å². The molecule has 0 aromatic heterocycles. The normalized spacial score (nSPS) is 41.9. The number of carbonyl (C=O) groups excluding carboxylic acids is 3. The van der Waals surface area contributed by atoms with Crippen LogP contribution in [0.2, 0.25) is 0 Å². The predicted molar refractivity (Wildman–Crippen MR) is 154 cm³/mol. The second kappa shape index (κ2) is 11.7. The van der Waals surface area contributed by atoms with E-state index in [0.717, 1.165) is 38.5 Å². The molecule has 41 heavy (non-hydrogen) atoms. The van der Waals surface area contributed by atoms with Gasteiger partial charge in [0.05, 0.1) is 24.0 Å². The van der Waals surface area contributed by atoms with Crippen LogP contribution in [-0.4, -0.2) is 69.1 Å². The molecule has 0 radical (unpaired) electrons. The van der Waals surface area contributed by atoms with Gasteiger partial charge in [0, 0.05) is 30.0 Å². The highest BCUT2D eigenvalue weighted by atomic mass is 35.5. The maximum atomic E-state index is 12.3. The van der Waals surface area contributed by atoms with E-state index in [-0.39, 0.29) is 42.0 Å². The van der Waals surface area contributed by atoms with Gasteiger partial charge in [-0.3, -0.25) is 14.4 Å². The van der Waals surface area contributed by atoms with Gasteiger partial charge in [-0.1, -0.05) is 30.9 Å². The second-order valence-electron chi connectivity index (χ2n) is 12.5. The molecule has 3 N–H and O–H groups in total. The Hall–Kier alpha value is -1.87. The number of hydrogen-bond acceptors (Lipinski definition) is 7. The molecule has 10 heteroatoms. The summed E-state index contributed by atoms with van der Waals surface area (Å²) < 4.78 is 11.0. The first-order chi connectivity index (χ1) is 19.6. The quantitative estimate of drug-likeness (QED) is 0.216. The highest BCUT2D eigenvalue weighted by Crippen LogP contribution is 2.62. The molecule has 0 bridgehead atoms. The highest BCUT2D eigenvalue weighted by molar-refractivity contribution is 6.18. The van der Waals surface area contributed by atoms with Gasteiger partial charge < -0.3 is 25.0 Å². The fourth-order valence-electron chi connectivity index (χ4n) is 8.06. The minimum Gasteiger partial charge on any atom is -0.489 e.